The van der Waals surface area contributed by atoms with Crippen LogP contribution in [0.3, 0.4) is 0 Å². The second-order valence-corrected chi connectivity index (χ2v) is 11.8. The summed E-state index contributed by atoms with van der Waals surface area (Å²) in [6, 6.07) is 5.90. The predicted octanol–water partition coefficient (Wildman–Crippen LogP) is 4.37. The van der Waals surface area contributed by atoms with Crippen molar-refractivity contribution in [2.24, 2.45) is 17.8 Å². The van der Waals surface area contributed by atoms with Crippen LogP contribution in [0.4, 0.5) is 0 Å². The molecule has 3 aliphatic rings. The Balaban J connectivity index is 1.43. The lowest BCUT2D eigenvalue weighted by Crippen LogP contribution is -2.46. The van der Waals surface area contributed by atoms with Crippen LogP contribution in [-0.2, 0) is 9.53 Å². The molecule has 1 aromatic rings. The maximum Gasteiger partial charge on any atom is 0.254 e. The van der Waals surface area contributed by atoms with E-state index >= 15 is 0 Å². The molecule has 1 aromatic carbocycles. The minimum atomic E-state index is -0.00243. The first-order chi connectivity index (χ1) is 18.9. The van der Waals surface area contributed by atoms with E-state index in [1.807, 2.05) is 17.0 Å². The molecule has 2 amide bonds. The fourth-order valence-corrected chi connectivity index (χ4v) is 6.11. The molecule has 8 heteroatoms. The van der Waals surface area contributed by atoms with Crippen molar-refractivity contribution in [3.63, 3.8) is 0 Å². The summed E-state index contributed by atoms with van der Waals surface area (Å²) in [4.78, 5) is 31.5. The molecule has 0 aromatic heterocycles. The highest BCUT2D eigenvalue weighted by Crippen LogP contribution is 2.35. The Morgan fingerprint density at radius 2 is 1.67 bits per heavy atom. The van der Waals surface area contributed by atoms with Crippen LogP contribution < -0.4 is 14.8 Å². The second kappa shape index (κ2) is 14.4. The molecule has 2 atom stereocenters. The van der Waals surface area contributed by atoms with Gasteiger partial charge in [0.1, 0.15) is 0 Å². The number of amides is 2. The summed E-state index contributed by atoms with van der Waals surface area (Å²) in [5, 5.41) is 3.56. The number of benzene rings is 1. The number of hydrogen-bond acceptors (Lipinski definition) is 6. The zero-order valence-electron chi connectivity index (χ0n) is 24.5. The molecule has 39 heavy (non-hydrogen) atoms. The van der Waals surface area contributed by atoms with Crippen molar-refractivity contribution in [2.45, 2.75) is 77.3 Å². The molecule has 0 spiro atoms. The molecule has 1 saturated heterocycles. The van der Waals surface area contributed by atoms with E-state index in [1.165, 1.54) is 19.3 Å². The molecule has 3 fully saturated rings. The van der Waals surface area contributed by atoms with Gasteiger partial charge in [0, 0.05) is 69.9 Å². The number of carbonyl (C=O) groups is 2. The van der Waals surface area contributed by atoms with Gasteiger partial charge in [0.2, 0.25) is 5.91 Å². The Kier molecular flexibility index (Phi) is 10.9. The van der Waals surface area contributed by atoms with Crippen LogP contribution in [0, 0.1) is 17.8 Å². The van der Waals surface area contributed by atoms with E-state index in [-0.39, 0.29) is 17.9 Å². The van der Waals surface area contributed by atoms with E-state index < -0.39 is 0 Å². The molecule has 1 aliphatic heterocycles. The van der Waals surface area contributed by atoms with E-state index in [0.717, 1.165) is 51.7 Å². The molecule has 2 aliphatic carbocycles. The molecule has 2 unspecified atom stereocenters. The molecular formula is C31H49N3O5. The smallest absolute Gasteiger partial charge is 0.254 e. The van der Waals surface area contributed by atoms with Crippen molar-refractivity contribution in [1.29, 1.82) is 0 Å². The summed E-state index contributed by atoms with van der Waals surface area (Å²) in [6.45, 7) is 8.49. The highest BCUT2D eigenvalue weighted by atomic mass is 16.5. The Bertz CT molecular complexity index is 944. The zero-order valence-corrected chi connectivity index (χ0v) is 24.5. The first-order valence-corrected chi connectivity index (χ1v) is 15.0. The van der Waals surface area contributed by atoms with Gasteiger partial charge in [-0.2, -0.15) is 0 Å². The van der Waals surface area contributed by atoms with E-state index in [1.54, 1.807) is 20.3 Å². The van der Waals surface area contributed by atoms with E-state index in [2.05, 4.69) is 24.1 Å². The van der Waals surface area contributed by atoms with Crippen LogP contribution in [0.5, 0.6) is 11.5 Å². The van der Waals surface area contributed by atoms with E-state index in [4.69, 9.17) is 14.2 Å². The molecule has 0 bridgehead atoms. The summed E-state index contributed by atoms with van der Waals surface area (Å²) >= 11 is 0. The monoisotopic (exact) mass is 543 g/mol. The van der Waals surface area contributed by atoms with Crippen LogP contribution in [0.2, 0.25) is 0 Å². The summed E-state index contributed by atoms with van der Waals surface area (Å²) < 4.78 is 16.5. The Labute approximate surface area is 234 Å². The third-order valence-electron chi connectivity index (χ3n) is 8.61. The summed E-state index contributed by atoms with van der Waals surface area (Å²) in [6.07, 6.45) is 8.73. The summed E-state index contributed by atoms with van der Waals surface area (Å²) in [5.41, 5.74) is 0.598. The average molecular weight is 544 g/mol. The van der Waals surface area contributed by atoms with Gasteiger partial charge < -0.3 is 29.3 Å². The van der Waals surface area contributed by atoms with Gasteiger partial charge >= 0.3 is 0 Å². The summed E-state index contributed by atoms with van der Waals surface area (Å²) in [7, 11) is 3.28. The van der Waals surface area contributed by atoms with Crippen LogP contribution in [0.25, 0.3) is 0 Å². The SMILES string of the molecule is COCCCOc1cc(C(=O)N(CC2CNCC2CN(C(=O)C2CCCCC2)C2CC2)C(C)C)ccc1OC. The third-order valence-corrected chi connectivity index (χ3v) is 8.61. The lowest BCUT2D eigenvalue weighted by Gasteiger charge is -2.35. The van der Waals surface area contributed by atoms with Crippen molar-refractivity contribution < 1.29 is 23.8 Å². The Hall–Kier alpha value is -2.32. The second-order valence-electron chi connectivity index (χ2n) is 11.8. The van der Waals surface area contributed by atoms with Crippen LogP contribution >= 0.6 is 0 Å². The Morgan fingerprint density at radius 1 is 0.949 bits per heavy atom. The van der Waals surface area contributed by atoms with Gasteiger partial charge in [-0.05, 0) is 69.6 Å². The van der Waals surface area contributed by atoms with Gasteiger partial charge in [0.25, 0.3) is 5.91 Å². The fourth-order valence-electron chi connectivity index (χ4n) is 6.11. The zero-order chi connectivity index (χ0) is 27.8. The number of hydrogen-bond donors (Lipinski definition) is 1. The number of carbonyl (C=O) groups excluding carboxylic acids is 2. The van der Waals surface area contributed by atoms with Gasteiger partial charge in [-0.3, -0.25) is 9.59 Å². The lowest BCUT2D eigenvalue weighted by molar-refractivity contribution is -0.138. The number of nitrogens with one attached hydrogen (secondary N) is 1. The van der Waals surface area contributed by atoms with Crippen molar-refractivity contribution >= 4 is 11.8 Å². The van der Waals surface area contributed by atoms with Crippen molar-refractivity contribution in [3.8, 4) is 11.5 Å². The number of ether oxygens (including phenoxy) is 3. The lowest BCUT2D eigenvalue weighted by atomic mass is 9.87. The molecular weight excluding hydrogens is 494 g/mol. The van der Waals surface area contributed by atoms with Crippen molar-refractivity contribution in [3.05, 3.63) is 23.8 Å². The van der Waals surface area contributed by atoms with Crippen molar-refractivity contribution in [2.75, 3.05) is 53.6 Å². The highest BCUT2D eigenvalue weighted by Gasteiger charge is 2.40. The molecule has 8 nitrogen and oxygen atoms in total. The molecule has 0 radical (unpaired) electrons. The number of rotatable bonds is 14. The van der Waals surface area contributed by atoms with Crippen LogP contribution in [-0.4, -0.2) is 87.3 Å². The van der Waals surface area contributed by atoms with Gasteiger partial charge in [-0.1, -0.05) is 19.3 Å². The maximum atomic E-state index is 13.8. The molecule has 2 saturated carbocycles. The van der Waals surface area contributed by atoms with Crippen molar-refractivity contribution in [1.82, 2.24) is 15.1 Å². The average Bonchev–Trinajstić information content (AvgIpc) is 3.70. The minimum Gasteiger partial charge on any atom is -0.493 e. The standard InChI is InChI=1S/C31H49N3O5/c1-22(2)33(31(36)24-11-14-28(38-4)29(17-24)39-16-8-15-37-3)20-25-18-32-19-26(25)21-34(27-12-13-27)30(35)23-9-6-5-7-10-23/h11,14,17,22-23,25-27,32H,5-10,12-13,15-16,18-21H2,1-4H3. The number of methoxy groups -OCH3 is 2. The van der Waals surface area contributed by atoms with Gasteiger partial charge in [0.05, 0.1) is 13.7 Å². The molecule has 4 rings (SSSR count). The first kappa shape index (κ1) is 29.7. The molecule has 218 valence electrons. The van der Waals surface area contributed by atoms with Gasteiger partial charge in [0.15, 0.2) is 11.5 Å². The quantitative estimate of drug-likeness (QED) is 0.351. The predicted molar refractivity (Wildman–Crippen MR) is 152 cm³/mol. The van der Waals surface area contributed by atoms with Gasteiger partial charge in [-0.25, -0.2) is 0 Å². The highest BCUT2D eigenvalue weighted by molar-refractivity contribution is 5.95. The van der Waals surface area contributed by atoms with E-state index in [0.29, 0.717) is 60.6 Å². The summed E-state index contributed by atoms with van der Waals surface area (Å²) in [5.74, 6) is 2.44. The number of nitrogens with zero attached hydrogens (tertiary/aromatic N) is 2. The fraction of sp³-hybridized carbons (Fsp3) is 0.742. The first-order valence-electron chi connectivity index (χ1n) is 15.0. The minimum absolute atomic E-state index is 0.00243. The largest absolute Gasteiger partial charge is 0.493 e. The topological polar surface area (TPSA) is 80.3 Å². The van der Waals surface area contributed by atoms with E-state index in [9.17, 15) is 9.59 Å². The van der Waals surface area contributed by atoms with Crippen LogP contribution in [0.1, 0.15) is 75.6 Å². The Morgan fingerprint density at radius 3 is 2.31 bits per heavy atom. The van der Waals surface area contributed by atoms with Crippen LogP contribution in [0.15, 0.2) is 18.2 Å². The molecule has 1 N–H and O–H groups in total. The van der Waals surface area contributed by atoms with Gasteiger partial charge in [-0.15, -0.1) is 0 Å². The third kappa shape index (κ3) is 7.88. The molecule has 1 heterocycles. The maximum absolute atomic E-state index is 13.8. The normalized spacial score (nSPS) is 21.7.